The fourth-order valence-corrected chi connectivity index (χ4v) is 2.31. The molecule has 0 N–H and O–H groups in total. The number of esters is 1. The SMILES string of the molecule is COc1ccc(/C=C2/N=C(c3ccccc3F)OC2=O)cc1C. The molecule has 0 spiro atoms. The van der Waals surface area contributed by atoms with Gasteiger partial charge in [-0.3, -0.25) is 0 Å². The third kappa shape index (κ3) is 2.99. The Balaban J connectivity index is 1.95. The zero-order chi connectivity index (χ0) is 16.4. The summed E-state index contributed by atoms with van der Waals surface area (Å²) in [6, 6.07) is 11.5. The van der Waals surface area contributed by atoms with E-state index in [9.17, 15) is 9.18 Å². The van der Waals surface area contributed by atoms with E-state index in [4.69, 9.17) is 9.47 Å². The first kappa shape index (κ1) is 15.0. The van der Waals surface area contributed by atoms with Crippen molar-refractivity contribution in [3.05, 3.63) is 70.7 Å². The highest BCUT2D eigenvalue weighted by atomic mass is 19.1. The van der Waals surface area contributed by atoms with Crippen LogP contribution in [0.4, 0.5) is 4.39 Å². The van der Waals surface area contributed by atoms with Crippen LogP contribution < -0.4 is 4.74 Å². The smallest absolute Gasteiger partial charge is 0.363 e. The van der Waals surface area contributed by atoms with Gasteiger partial charge >= 0.3 is 5.97 Å². The number of hydrogen-bond donors (Lipinski definition) is 0. The van der Waals surface area contributed by atoms with Crippen LogP contribution in [0.3, 0.4) is 0 Å². The fourth-order valence-electron chi connectivity index (χ4n) is 2.31. The second-order valence-electron chi connectivity index (χ2n) is 5.04. The third-order valence-corrected chi connectivity index (χ3v) is 3.45. The molecule has 3 rings (SSSR count). The van der Waals surface area contributed by atoms with E-state index in [0.717, 1.165) is 16.9 Å². The standard InChI is InChI=1S/C18H14FNO3/c1-11-9-12(7-8-16(11)22-2)10-15-18(21)23-17(20-15)13-5-3-4-6-14(13)19/h3-10H,1-2H3/b15-10+. The monoisotopic (exact) mass is 311 g/mol. The second-order valence-corrected chi connectivity index (χ2v) is 5.04. The van der Waals surface area contributed by atoms with Crippen LogP contribution in [0.5, 0.6) is 5.75 Å². The highest BCUT2D eigenvalue weighted by molar-refractivity contribution is 6.12. The van der Waals surface area contributed by atoms with Gasteiger partial charge in [0.05, 0.1) is 12.7 Å². The van der Waals surface area contributed by atoms with Gasteiger partial charge in [-0.2, -0.15) is 0 Å². The molecular weight excluding hydrogens is 297 g/mol. The summed E-state index contributed by atoms with van der Waals surface area (Å²) in [4.78, 5) is 16.0. The number of aryl methyl sites for hydroxylation is 1. The lowest BCUT2D eigenvalue weighted by Gasteiger charge is -2.04. The summed E-state index contributed by atoms with van der Waals surface area (Å²) in [5, 5.41) is 0. The lowest BCUT2D eigenvalue weighted by atomic mass is 10.1. The molecule has 116 valence electrons. The summed E-state index contributed by atoms with van der Waals surface area (Å²) in [7, 11) is 1.60. The number of carbonyl (C=O) groups is 1. The van der Waals surface area contributed by atoms with Crippen molar-refractivity contribution in [2.45, 2.75) is 6.92 Å². The van der Waals surface area contributed by atoms with Crippen LogP contribution >= 0.6 is 0 Å². The highest BCUT2D eigenvalue weighted by Gasteiger charge is 2.25. The molecule has 0 saturated carbocycles. The molecule has 0 fully saturated rings. The van der Waals surface area contributed by atoms with E-state index in [1.807, 2.05) is 25.1 Å². The van der Waals surface area contributed by atoms with Crippen molar-refractivity contribution in [2.24, 2.45) is 4.99 Å². The quantitative estimate of drug-likeness (QED) is 0.644. The lowest BCUT2D eigenvalue weighted by molar-refractivity contribution is -0.129. The number of methoxy groups -OCH3 is 1. The number of nitrogens with zero attached hydrogens (tertiary/aromatic N) is 1. The second kappa shape index (κ2) is 6.04. The first-order valence-electron chi connectivity index (χ1n) is 7.00. The number of ether oxygens (including phenoxy) is 2. The predicted molar refractivity (Wildman–Crippen MR) is 84.7 cm³/mol. The van der Waals surface area contributed by atoms with E-state index in [2.05, 4.69) is 4.99 Å². The molecule has 0 unspecified atom stereocenters. The van der Waals surface area contributed by atoms with Gasteiger partial charge in [-0.25, -0.2) is 14.2 Å². The van der Waals surface area contributed by atoms with Crippen molar-refractivity contribution in [3.8, 4) is 5.75 Å². The molecular formula is C18H14FNO3. The number of halogens is 1. The van der Waals surface area contributed by atoms with Gasteiger partial charge in [0.1, 0.15) is 11.6 Å². The van der Waals surface area contributed by atoms with Gasteiger partial charge < -0.3 is 9.47 Å². The molecule has 0 aromatic heterocycles. The predicted octanol–water partition coefficient (Wildman–Crippen LogP) is 3.49. The van der Waals surface area contributed by atoms with E-state index in [0.29, 0.717) is 0 Å². The number of aliphatic imine (C=N–C) groups is 1. The minimum absolute atomic E-state index is 0.0235. The zero-order valence-electron chi connectivity index (χ0n) is 12.7. The van der Waals surface area contributed by atoms with Crippen molar-refractivity contribution in [1.29, 1.82) is 0 Å². The molecule has 0 saturated heterocycles. The van der Waals surface area contributed by atoms with Gasteiger partial charge in [0.2, 0.25) is 5.90 Å². The largest absolute Gasteiger partial charge is 0.496 e. The Morgan fingerprint density at radius 2 is 2.00 bits per heavy atom. The lowest BCUT2D eigenvalue weighted by Crippen LogP contribution is -2.07. The average molecular weight is 311 g/mol. The molecule has 1 aliphatic heterocycles. The van der Waals surface area contributed by atoms with Gasteiger partial charge in [0, 0.05) is 0 Å². The molecule has 1 aliphatic rings. The summed E-state index contributed by atoms with van der Waals surface area (Å²) in [6.07, 6.45) is 1.60. The molecule has 23 heavy (non-hydrogen) atoms. The minimum Gasteiger partial charge on any atom is -0.496 e. The number of hydrogen-bond acceptors (Lipinski definition) is 4. The van der Waals surface area contributed by atoms with Gasteiger partial charge in [0.15, 0.2) is 5.70 Å². The van der Waals surface area contributed by atoms with Crippen LogP contribution in [-0.4, -0.2) is 19.0 Å². The molecule has 0 bridgehead atoms. The molecule has 0 atom stereocenters. The molecule has 2 aromatic rings. The Hall–Kier alpha value is -2.95. The Labute approximate surface area is 132 Å². The minimum atomic E-state index is -0.600. The molecule has 0 radical (unpaired) electrons. The van der Waals surface area contributed by atoms with Crippen molar-refractivity contribution < 1.29 is 18.7 Å². The summed E-state index contributed by atoms with van der Waals surface area (Å²) < 4.78 is 24.0. The summed E-state index contributed by atoms with van der Waals surface area (Å²) >= 11 is 0. The van der Waals surface area contributed by atoms with Gasteiger partial charge in [-0.05, 0) is 48.4 Å². The van der Waals surface area contributed by atoms with Crippen LogP contribution in [0.25, 0.3) is 6.08 Å². The van der Waals surface area contributed by atoms with E-state index < -0.39 is 11.8 Å². The summed E-state index contributed by atoms with van der Waals surface area (Å²) in [6.45, 7) is 1.90. The van der Waals surface area contributed by atoms with Gasteiger partial charge in [-0.1, -0.05) is 18.2 Å². The topological polar surface area (TPSA) is 47.9 Å². The highest BCUT2D eigenvalue weighted by Crippen LogP contribution is 2.23. The van der Waals surface area contributed by atoms with Crippen molar-refractivity contribution in [2.75, 3.05) is 7.11 Å². The van der Waals surface area contributed by atoms with Gasteiger partial charge in [-0.15, -0.1) is 0 Å². The maximum Gasteiger partial charge on any atom is 0.363 e. The maximum atomic E-state index is 13.8. The molecule has 0 amide bonds. The van der Waals surface area contributed by atoms with E-state index in [1.165, 1.54) is 12.1 Å². The van der Waals surface area contributed by atoms with Crippen molar-refractivity contribution in [3.63, 3.8) is 0 Å². The Morgan fingerprint density at radius 3 is 2.70 bits per heavy atom. The number of cyclic esters (lactones) is 1. The van der Waals surface area contributed by atoms with Crippen molar-refractivity contribution in [1.82, 2.24) is 0 Å². The van der Waals surface area contributed by atoms with Crippen LogP contribution in [-0.2, 0) is 9.53 Å². The maximum absolute atomic E-state index is 13.8. The van der Waals surface area contributed by atoms with E-state index in [-0.39, 0.29) is 17.2 Å². The Morgan fingerprint density at radius 1 is 1.22 bits per heavy atom. The van der Waals surface area contributed by atoms with Crippen LogP contribution in [0.2, 0.25) is 0 Å². The number of carbonyl (C=O) groups excluding carboxylic acids is 1. The molecule has 1 heterocycles. The average Bonchev–Trinajstić information content (AvgIpc) is 2.89. The fraction of sp³-hybridized carbons (Fsp3) is 0.111. The van der Waals surface area contributed by atoms with Crippen LogP contribution in [0.1, 0.15) is 16.7 Å². The van der Waals surface area contributed by atoms with E-state index >= 15 is 0 Å². The number of benzene rings is 2. The zero-order valence-corrected chi connectivity index (χ0v) is 12.7. The molecule has 0 aliphatic carbocycles. The Kier molecular flexibility index (Phi) is 3.93. The summed E-state index contributed by atoms with van der Waals surface area (Å²) in [5.41, 5.74) is 2.02. The van der Waals surface area contributed by atoms with Gasteiger partial charge in [0.25, 0.3) is 0 Å². The molecule has 4 nitrogen and oxygen atoms in total. The summed E-state index contributed by atoms with van der Waals surface area (Å²) in [5.74, 6) is -0.349. The van der Waals surface area contributed by atoms with Crippen molar-refractivity contribution >= 4 is 17.9 Å². The first-order chi connectivity index (χ1) is 11.1. The first-order valence-corrected chi connectivity index (χ1v) is 7.00. The Bertz CT molecular complexity index is 840. The molecule has 2 aromatic carbocycles. The third-order valence-electron chi connectivity index (χ3n) is 3.45. The van der Waals surface area contributed by atoms with Crippen LogP contribution in [0.15, 0.2) is 53.2 Å². The van der Waals surface area contributed by atoms with E-state index in [1.54, 1.807) is 25.3 Å². The van der Waals surface area contributed by atoms with Crippen LogP contribution in [0, 0.1) is 12.7 Å². The number of rotatable bonds is 3. The molecule has 5 heteroatoms. The normalized spacial score (nSPS) is 15.5.